The third-order valence-electron chi connectivity index (χ3n) is 3.38. The summed E-state index contributed by atoms with van der Waals surface area (Å²) < 4.78 is 15.3. The molecule has 2 aromatic rings. The van der Waals surface area contributed by atoms with Crippen molar-refractivity contribution in [3.63, 3.8) is 0 Å². The molecule has 25 heavy (non-hydrogen) atoms. The van der Waals surface area contributed by atoms with Crippen LogP contribution in [-0.2, 0) is 9.47 Å². The fourth-order valence-corrected chi connectivity index (χ4v) is 5.48. The van der Waals surface area contributed by atoms with Gasteiger partial charge in [-0.15, -0.1) is 11.3 Å². The largest absolute Gasteiger partial charge is 0.507 e. The van der Waals surface area contributed by atoms with E-state index in [2.05, 4.69) is 20.7 Å². The van der Waals surface area contributed by atoms with Crippen molar-refractivity contribution in [1.29, 1.82) is 0 Å². The first-order chi connectivity index (χ1) is 12.0. The predicted molar refractivity (Wildman–Crippen MR) is 104 cm³/mol. The Kier molecular flexibility index (Phi) is 6.40. The molecular formula is C15H12BrCl2NO4S2. The van der Waals surface area contributed by atoms with Crippen molar-refractivity contribution in [2.75, 3.05) is 17.9 Å². The molecule has 1 aromatic heterocycles. The average Bonchev–Trinajstić information content (AvgIpc) is 3.15. The summed E-state index contributed by atoms with van der Waals surface area (Å²) in [7, 11) is 0. The molecule has 0 bridgehead atoms. The highest BCUT2D eigenvalue weighted by Gasteiger charge is 2.22. The maximum absolute atomic E-state index is 12.1. The molecule has 0 saturated carbocycles. The van der Waals surface area contributed by atoms with Gasteiger partial charge in [0.15, 0.2) is 0 Å². The number of anilines is 1. The van der Waals surface area contributed by atoms with Crippen molar-refractivity contribution < 1.29 is 19.4 Å². The van der Waals surface area contributed by atoms with Crippen molar-refractivity contribution in [3.8, 4) is 5.75 Å². The molecule has 0 spiro atoms. The van der Waals surface area contributed by atoms with Gasteiger partial charge in [0.05, 0.1) is 22.6 Å². The Balaban J connectivity index is 1.66. The summed E-state index contributed by atoms with van der Waals surface area (Å²) in [5.41, 5.74) is 0.716. The number of thiophene rings is 1. The third-order valence-corrected chi connectivity index (χ3v) is 7.72. The Hall–Kier alpha value is -0.640. The van der Waals surface area contributed by atoms with Crippen LogP contribution in [0.4, 0.5) is 5.69 Å². The van der Waals surface area contributed by atoms with E-state index in [0.717, 1.165) is 4.90 Å². The number of aromatic hydroxyl groups is 1. The predicted octanol–water partition coefficient (Wildman–Crippen LogP) is 5.59. The smallest absolute Gasteiger partial charge is 0.342 e. The van der Waals surface area contributed by atoms with E-state index in [1.54, 1.807) is 6.07 Å². The lowest BCUT2D eigenvalue weighted by molar-refractivity contribution is 0.0268. The number of ether oxygens (including phenoxy) is 2. The fourth-order valence-electron chi connectivity index (χ4n) is 2.13. The molecule has 1 aliphatic heterocycles. The Morgan fingerprint density at radius 3 is 2.84 bits per heavy atom. The molecule has 1 unspecified atom stereocenters. The molecule has 0 aliphatic carbocycles. The summed E-state index contributed by atoms with van der Waals surface area (Å²) >= 11 is 18.0. The number of carbonyl (C=O) groups is 1. The first-order valence-corrected chi connectivity index (χ1v) is 10.3. The Morgan fingerprint density at radius 1 is 1.44 bits per heavy atom. The zero-order valence-electron chi connectivity index (χ0n) is 12.6. The van der Waals surface area contributed by atoms with E-state index < -0.39 is 5.97 Å². The normalized spacial score (nSPS) is 16.8. The van der Waals surface area contributed by atoms with Gasteiger partial charge in [0.1, 0.15) is 26.1 Å². The highest BCUT2D eigenvalue weighted by Crippen LogP contribution is 2.45. The summed E-state index contributed by atoms with van der Waals surface area (Å²) in [4.78, 5) is 12.9. The van der Waals surface area contributed by atoms with Crippen molar-refractivity contribution >= 4 is 74.1 Å². The molecule has 2 heterocycles. The summed E-state index contributed by atoms with van der Waals surface area (Å²) in [6.07, 6.45) is 0.407. The quantitative estimate of drug-likeness (QED) is 0.426. The van der Waals surface area contributed by atoms with Crippen LogP contribution in [0.1, 0.15) is 16.8 Å². The highest BCUT2D eigenvalue weighted by atomic mass is 79.9. The van der Waals surface area contributed by atoms with Crippen molar-refractivity contribution in [2.24, 2.45) is 0 Å². The van der Waals surface area contributed by atoms with Crippen LogP contribution in [0.15, 0.2) is 27.6 Å². The first kappa shape index (κ1) is 19.1. The summed E-state index contributed by atoms with van der Waals surface area (Å²) in [5, 5.41) is 10.1. The minimum absolute atomic E-state index is 0.111. The molecule has 1 aliphatic rings. The van der Waals surface area contributed by atoms with Crippen LogP contribution >= 0.6 is 62.4 Å². The number of nitrogens with one attached hydrogen (secondary N) is 1. The number of phenolic OH excluding ortho intramolecular Hbond substituents is 1. The SMILES string of the molecule is O=C(OC1CCOC1)c1ccc(NSc2c(Cl)sc(Cl)c2Br)cc1O. The van der Waals surface area contributed by atoms with E-state index in [1.165, 1.54) is 35.4 Å². The number of phenols is 1. The average molecular weight is 485 g/mol. The molecule has 10 heteroatoms. The van der Waals surface area contributed by atoms with Gasteiger partial charge in [-0.2, -0.15) is 0 Å². The minimum atomic E-state index is -0.567. The van der Waals surface area contributed by atoms with Crippen LogP contribution in [0.3, 0.4) is 0 Å². The molecule has 2 N–H and O–H groups in total. The maximum Gasteiger partial charge on any atom is 0.342 e. The molecule has 1 saturated heterocycles. The number of benzene rings is 1. The van der Waals surface area contributed by atoms with Crippen LogP contribution in [0, 0.1) is 0 Å². The number of rotatable bonds is 5. The summed E-state index contributed by atoms with van der Waals surface area (Å²) in [5.74, 6) is -0.731. The number of halogens is 3. The Labute approximate surface area is 170 Å². The van der Waals surface area contributed by atoms with Gasteiger partial charge in [0.25, 0.3) is 0 Å². The zero-order valence-corrected chi connectivity index (χ0v) is 17.3. The molecule has 5 nitrogen and oxygen atoms in total. The summed E-state index contributed by atoms with van der Waals surface area (Å²) in [6, 6.07) is 4.63. The molecule has 1 fully saturated rings. The minimum Gasteiger partial charge on any atom is -0.507 e. The first-order valence-electron chi connectivity index (χ1n) is 7.13. The van der Waals surface area contributed by atoms with Crippen molar-refractivity contribution in [3.05, 3.63) is 36.9 Å². The summed E-state index contributed by atoms with van der Waals surface area (Å²) in [6.45, 7) is 0.969. The number of carbonyl (C=O) groups excluding carboxylic acids is 1. The van der Waals surface area contributed by atoms with Gasteiger partial charge in [-0.1, -0.05) is 23.2 Å². The van der Waals surface area contributed by atoms with Gasteiger partial charge in [-0.25, -0.2) is 4.79 Å². The topological polar surface area (TPSA) is 67.8 Å². The van der Waals surface area contributed by atoms with Crippen molar-refractivity contribution in [2.45, 2.75) is 17.4 Å². The lowest BCUT2D eigenvalue weighted by Gasteiger charge is -2.12. The third kappa shape index (κ3) is 4.56. The second-order valence-electron chi connectivity index (χ2n) is 5.12. The van der Waals surface area contributed by atoms with Crippen LogP contribution in [0.5, 0.6) is 5.75 Å². The van der Waals surface area contributed by atoms with Gasteiger partial charge >= 0.3 is 5.97 Å². The number of esters is 1. The van der Waals surface area contributed by atoms with Gasteiger partial charge < -0.3 is 19.3 Å². The van der Waals surface area contributed by atoms with E-state index in [0.29, 0.717) is 38.5 Å². The molecule has 134 valence electrons. The van der Waals surface area contributed by atoms with E-state index in [1.807, 2.05) is 0 Å². The van der Waals surface area contributed by atoms with Crippen molar-refractivity contribution in [1.82, 2.24) is 0 Å². The van der Waals surface area contributed by atoms with E-state index in [4.69, 9.17) is 32.7 Å². The monoisotopic (exact) mass is 483 g/mol. The molecule has 0 radical (unpaired) electrons. The van der Waals surface area contributed by atoms with E-state index in [-0.39, 0.29) is 17.4 Å². The van der Waals surface area contributed by atoms with Gasteiger partial charge in [-0.3, -0.25) is 0 Å². The van der Waals surface area contributed by atoms with Gasteiger partial charge in [-0.05, 0) is 40.0 Å². The van der Waals surface area contributed by atoms with Crippen LogP contribution in [0.2, 0.25) is 8.67 Å². The number of hydrogen-bond acceptors (Lipinski definition) is 7. The second-order valence-corrected chi connectivity index (χ2v) is 8.95. The molecule has 1 aromatic carbocycles. The van der Waals surface area contributed by atoms with Crippen LogP contribution < -0.4 is 4.72 Å². The van der Waals surface area contributed by atoms with Gasteiger partial charge in [0, 0.05) is 18.2 Å². The lowest BCUT2D eigenvalue weighted by atomic mass is 10.2. The Bertz CT molecular complexity index is 796. The lowest BCUT2D eigenvalue weighted by Crippen LogP contribution is -2.18. The van der Waals surface area contributed by atoms with Crippen LogP contribution in [-0.4, -0.2) is 30.4 Å². The van der Waals surface area contributed by atoms with Crippen LogP contribution in [0.25, 0.3) is 0 Å². The fraction of sp³-hybridized carbons (Fsp3) is 0.267. The van der Waals surface area contributed by atoms with E-state index in [9.17, 15) is 9.90 Å². The van der Waals surface area contributed by atoms with E-state index >= 15 is 0 Å². The second kappa shape index (κ2) is 8.37. The highest BCUT2D eigenvalue weighted by molar-refractivity contribution is 9.10. The molecule has 3 rings (SSSR count). The molecular weight excluding hydrogens is 473 g/mol. The van der Waals surface area contributed by atoms with Gasteiger partial charge in [0.2, 0.25) is 0 Å². The maximum atomic E-state index is 12.1. The Morgan fingerprint density at radius 2 is 2.24 bits per heavy atom. The number of hydrogen-bond donors (Lipinski definition) is 2. The molecule has 1 atom stereocenters. The standard InChI is InChI=1S/C15H12BrCl2NO4S2/c16-11-12(14(18)24-13(11)17)25-19-7-1-2-9(10(20)5-7)15(21)23-8-3-4-22-6-8/h1-2,5,8,19-20H,3-4,6H2. The zero-order chi connectivity index (χ0) is 18.0. The molecule has 0 amide bonds.